The molecule has 3 fully saturated rings. The number of fused-ring (bicyclic) bond motifs is 5. The molecule has 0 radical (unpaired) electrons. The molecule has 8 heteroatoms. The highest BCUT2D eigenvalue weighted by molar-refractivity contribution is 6.01. The van der Waals surface area contributed by atoms with E-state index in [1.807, 2.05) is 13.0 Å². The first kappa shape index (κ1) is 26.7. The molecule has 0 aromatic heterocycles. The van der Waals surface area contributed by atoms with Gasteiger partial charge in [0, 0.05) is 16.7 Å². The number of rotatable bonds is 7. The van der Waals surface area contributed by atoms with Gasteiger partial charge < -0.3 is 20.1 Å². The van der Waals surface area contributed by atoms with Gasteiger partial charge in [0.1, 0.15) is 5.60 Å². The standard InChI is InChI=1S/C28H38O8/c1-25(2,13-22(32)33)14-23(34)36-15-21(31)28(35)10-8-19-18-6-5-16-11-17(29)7-9-26(16,3)24(18)20(30)12-27(19,28)4/h7,9,11,18-20,24,30,35H,5-6,8,10,12-15H2,1-4H3,(H,32,33)/t18-,19-,20-,24+,26-,27-,28-/m0/s1. The summed E-state index contributed by atoms with van der Waals surface area (Å²) >= 11 is 0. The summed E-state index contributed by atoms with van der Waals surface area (Å²) in [6, 6.07) is 0. The summed E-state index contributed by atoms with van der Waals surface area (Å²) in [7, 11) is 0. The number of ether oxygens (including phenoxy) is 1. The van der Waals surface area contributed by atoms with E-state index in [-0.39, 0.29) is 49.2 Å². The molecule has 4 aliphatic carbocycles. The number of hydrogen-bond acceptors (Lipinski definition) is 7. The van der Waals surface area contributed by atoms with Crippen LogP contribution < -0.4 is 0 Å². The first-order valence-electron chi connectivity index (χ1n) is 12.9. The van der Waals surface area contributed by atoms with Gasteiger partial charge in [-0.2, -0.15) is 0 Å². The summed E-state index contributed by atoms with van der Waals surface area (Å²) in [5, 5.41) is 32.1. The van der Waals surface area contributed by atoms with E-state index in [0.29, 0.717) is 6.42 Å². The molecule has 36 heavy (non-hydrogen) atoms. The molecule has 0 unspecified atom stereocenters. The van der Waals surface area contributed by atoms with Crippen molar-refractivity contribution in [2.24, 2.45) is 34.0 Å². The molecule has 0 aromatic rings. The van der Waals surface area contributed by atoms with Gasteiger partial charge in [0.05, 0.1) is 18.9 Å². The van der Waals surface area contributed by atoms with Crippen LogP contribution in [0.25, 0.3) is 0 Å². The molecule has 0 spiro atoms. The van der Waals surface area contributed by atoms with Crippen molar-refractivity contribution in [3.05, 3.63) is 23.8 Å². The predicted molar refractivity (Wildman–Crippen MR) is 130 cm³/mol. The fourth-order valence-corrected chi connectivity index (χ4v) is 7.97. The van der Waals surface area contributed by atoms with E-state index in [9.17, 15) is 29.4 Å². The normalized spacial score (nSPS) is 39.5. The minimum atomic E-state index is -1.73. The van der Waals surface area contributed by atoms with Crippen molar-refractivity contribution in [1.82, 2.24) is 0 Å². The van der Waals surface area contributed by atoms with Gasteiger partial charge in [-0.25, -0.2) is 0 Å². The maximum Gasteiger partial charge on any atom is 0.306 e. The Morgan fingerprint density at radius 3 is 2.53 bits per heavy atom. The van der Waals surface area contributed by atoms with Crippen LogP contribution in [0.2, 0.25) is 0 Å². The third kappa shape index (κ3) is 4.26. The number of Topliss-reactive ketones (excluding diaryl/α,β-unsaturated/α-hetero) is 1. The van der Waals surface area contributed by atoms with Crippen molar-refractivity contribution in [2.75, 3.05) is 6.61 Å². The minimum Gasteiger partial charge on any atom is -0.481 e. The molecule has 7 atom stereocenters. The second kappa shape index (κ2) is 8.91. The van der Waals surface area contributed by atoms with Crippen molar-refractivity contribution in [3.63, 3.8) is 0 Å². The third-order valence-electron chi connectivity index (χ3n) is 9.73. The molecule has 0 aromatic carbocycles. The van der Waals surface area contributed by atoms with Crippen LogP contribution in [0.5, 0.6) is 0 Å². The van der Waals surface area contributed by atoms with Crippen LogP contribution >= 0.6 is 0 Å². The lowest BCUT2D eigenvalue weighted by atomic mass is 9.46. The molecular weight excluding hydrogens is 464 g/mol. The van der Waals surface area contributed by atoms with Crippen LogP contribution in [0, 0.1) is 34.0 Å². The number of aliphatic hydroxyl groups excluding tert-OH is 1. The molecule has 4 aliphatic rings. The maximum atomic E-state index is 13.3. The van der Waals surface area contributed by atoms with Crippen LogP contribution in [0.3, 0.4) is 0 Å². The average molecular weight is 503 g/mol. The van der Waals surface area contributed by atoms with Gasteiger partial charge in [-0.05, 0) is 61.5 Å². The first-order valence-corrected chi connectivity index (χ1v) is 12.9. The van der Waals surface area contributed by atoms with E-state index in [0.717, 1.165) is 18.4 Å². The topological polar surface area (TPSA) is 138 Å². The molecule has 8 nitrogen and oxygen atoms in total. The zero-order chi connectivity index (χ0) is 26.7. The van der Waals surface area contributed by atoms with Crippen LogP contribution in [0.4, 0.5) is 0 Å². The van der Waals surface area contributed by atoms with Gasteiger partial charge in [-0.15, -0.1) is 0 Å². The summed E-state index contributed by atoms with van der Waals surface area (Å²) in [6.45, 7) is 6.64. The van der Waals surface area contributed by atoms with E-state index in [1.54, 1.807) is 26.0 Å². The van der Waals surface area contributed by atoms with Crippen molar-refractivity contribution >= 4 is 23.5 Å². The number of carboxylic acid groups (broad SMARTS) is 1. The summed E-state index contributed by atoms with van der Waals surface area (Å²) in [6.07, 6.45) is 6.69. The number of allylic oxidation sites excluding steroid dienone is 4. The van der Waals surface area contributed by atoms with E-state index in [2.05, 4.69) is 6.92 Å². The first-order chi connectivity index (χ1) is 16.6. The van der Waals surface area contributed by atoms with E-state index in [1.165, 1.54) is 0 Å². The Hall–Kier alpha value is -2.32. The summed E-state index contributed by atoms with van der Waals surface area (Å²) in [5.74, 6) is -2.32. The number of carboxylic acids is 1. The van der Waals surface area contributed by atoms with Gasteiger partial charge in [0.2, 0.25) is 5.78 Å². The van der Waals surface area contributed by atoms with Gasteiger partial charge in [-0.3, -0.25) is 19.2 Å². The number of ketones is 2. The smallest absolute Gasteiger partial charge is 0.306 e. The number of esters is 1. The van der Waals surface area contributed by atoms with Crippen molar-refractivity contribution in [1.29, 1.82) is 0 Å². The Morgan fingerprint density at radius 1 is 1.17 bits per heavy atom. The lowest BCUT2D eigenvalue weighted by Crippen LogP contribution is -2.61. The summed E-state index contributed by atoms with van der Waals surface area (Å²) < 4.78 is 5.20. The number of hydrogen-bond donors (Lipinski definition) is 3. The van der Waals surface area contributed by atoms with Gasteiger partial charge in [-0.1, -0.05) is 39.3 Å². The minimum absolute atomic E-state index is 0.00875. The maximum absolute atomic E-state index is 13.3. The molecule has 0 bridgehead atoms. The van der Waals surface area contributed by atoms with E-state index < -0.39 is 52.3 Å². The fraction of sp³-hybridized carbons (Fsp3) is 0.714. The zero-order valence-corrected chi connectivity index (χ0v) is 21.6. The molecule has 0 heterocycles. The highest BCUT2D eigenvalue weighted by atomic mass is 16.5. The molecule has 0 aliphatic heterocycles. The lowest BCUT2D eigenvalue weighted by Gasteiger charge is -2.59. The quantitative estimate of drug-likeness (QED) is 0.452. The van der Waals surface area contributed by atoms with Crippen LogP contribution in [0.15, 0.2) is 23.8 Å². The Morgan fingerprint density at radius 2 is 1.86 bits per heavy atom. The van der Waals surface area contributed by atoms with E-state index in [4.69, 9.17) is 9.84 Å². The highest BCUT2D eigenvalue weighted by Gasteiger charge is 2.68. The molecule has 3 N–H and O–H groups in total. The number of aliphatic carboxylic acids is 1. The SMILES string of the molecule is CC(C)(CC(=O)O)CC(=O)OCC(=O)[C@@]1(O)CC[C@H]2[C@@H]3CCC4=CC(=O)C=C[C@]4(C)[C@H]3[C@@H](O)C[C@@]21C. The number of aliphatic hydroxyl groups is 2. The summed E-state index contributed by atoms with van der Waals surface area (Å²) in [4.78, 5) is 48.6. The Kier molecular flexibility index (Phi) is 6.62. The molecule has 198 valence electrons. The number of carbonyl (C=O) groups is 4. The third-order valence-corrected chi connectivity index (χ3v) is 9.73. The van der Waals surface area contributed by atoms with Gasteiger partial charge in [0.25, 0.3) is 0 Å². The Bertz CT molecular complexity index is 1040. The second-order valence-corrected chi connectivity index (χ2v) is 12.6. The van der Waals surface area contributed by atoms with Crippen molar-refractivity contribution in [3.8, 4) is 0 Å². The monoisotopic (exact) mass is 502 g/mol. The van der Waals surface area contributed by atoms with Gasteiger partial charge in [0.15, 0.2) is 12.4 Å². The summed E-state index contributed by atoms with van der Waals surface area (Å²) in [5.41, 5.74) is -2.80. The van der Waals surface area contributed by atoms with Crippen LogP contribution in [-0.4, -0.2) is 57.1 Å². The molecule has 0 amide bonds. The fourth-order valence-electron chi connectivity index (χ4n) is 7.97. The van der Waals surface area contributed by atoms with Crippen LogP contribution in [0.1, 0.15) is 72.6 Å². The molecule has 0 saturated heterocycles. The van der Waals surface area contributed by atoms with E-state index >= 15 is 0 Å². The average Bonchev–Trinajstić information content (AvgIpc) is 3.02. The van der Waals surface area contributed by atoms with Crippen LogP contribution in [-0.2, 0) is 23.9 Å². The predicted octanol–water partition coefficient (Wildman–Crippen LogP) is 3.00. The Balaban J connectivity index is 1.49. The molecular formula is C28H38O8. The molecule has 4 rings (SSSR count). The van der Waals surface area contributed by atoms with Crippen molar-refractivity contribution < 1.29 is 39.2 Å². The highest BCUT2D eigenvalue weighted by Crippen LogP contribution is 2.67. The largest absolute Gasteiger partial charge is 0.481 e. The Labute approximate surface area is 211 Å². The molecule has 3 saturated carbocycles. The zero-order valence-electron chi connectivity index (χ0n) is 21.6. The lowest BCUT2D eigenvalue weighted by molar-refractivity contribution is -0.181. The van der Waals surface area contributed by atoms with Crippen molar-refractivity contribution in [2.45, 2.75) is 84.3 Å². The second-order valence-electron chi connectivity index (χ2n) is 12.6. The van der Waals surface area contributed by atoms with Gasteiger partial charge >= 0.3 is 11.9 Å². The number of carbonyl (C=O) groups excluding carboxylic acids is 3.